The molecule has 2 aromatic rings. The highest BCUT2D eigenvalue weighted by Gasteiger charge is 2.20. The highest BCUT2D eigenvalue weighted by molar-refractivity contribution is 7.19. The number of carbonyl (C=O) groups excluding carboxylic acids is 1. The van der Waals surface area contributed by atoms with Crippen molar-refractivity contribution in [2.75, 3.05) is 35.2 Å². The van der Waals surface area contributed by atoms with Gasteiger partial charge in [0.1, 0.15) is 5.75 Å². The van der Waals surface area contributed by atoms with Crippen molar-refractivity contribution in [3.05, 3.63) is 24.3 Å². The van der Waals surface area contributed by atoms with E-state index in [-0.39, 0.29) is 6.03 Å². The predicted molar refractivity (Wildman–Crippen MR) is 101 cm³/mol. The molecule has 1 aromatic heterocycles. The zero-order valence-electron chi connectivity index (χ0n) is 14.5. The second-order valence-electron chi connectivity index (χ2n) is 6.12. The van der Waals surface area contributed by atoms with Crippen LogP contribution in [0, 0.1) is 5.92 Å². The number of piperidine rings is 1. The molecule has 0 bridgehead atoms. The van der Waals surface area contributed by atoms with Crippen LogP contribution in [0.1, 0.15) is 26.7 Å². The monoisotopic (exact) mass is 361 g/mol. The number of hydrogen-bond donors (Lipinski definition) is 2. The molecular weight excluding hydrogens is 338 g/mol. The molecule has 25 heavy (non-hydrogen) atoms. The van der Waals surface area contributed by atoms with Gasteiger partial charge in [0.05, 0.1) is 6.61 Å². The smallest absolute Gasteiger partial charge is 0.325 e. The lowest BCUT2D eigenvalue weighted by molar-refractivity contribution is 0.262. The summed E-state index contributed by atoms with van der Waals surface area (Å²) in [4.78, 5) is 14.3. The number of carbonyl (C=O) groups is 1. The lowest BCUT2D eigenvalue weighted by Gasteiger charge is -2.29. The molecule has 1 aliphatic rings. The summed E-state index contributed by atoms with van der Waals surface area (Å²) >= 11 is 1.40. The molecule has 2 N–H and O–H groups in total. The summed E-state index contributed by atoms with van der Waals surface area (Å²) in [6, 6.07) is 6.90. The van der Waals surface area contributed by atoms with Crippen LogP contribution >= 0.6 is 11.3 Å². The molecule has 0 saturated carbocycles. The predicted octanol–water partition coefficient (Wildman–Crippen LogP) is 3.82. The highest BCUT2D eigenvalue weighted by Crippen LogP contribution is 2.28. The first kappa shape index (κ1) is 17.5. The lowest BCUT2D eigenvalue weighted by Crippen LogP contribution is -2.34. The van der Waals surface area contributed by atoms with Crippen LogP contribution < -0.4 is 20.3 Å². The van der Waals surface area contributed by atoms with E-state index >= 15 is 0 Å². The van der Waals surface area contributed by atoms with E-state index in [2.05, 4.69) is 32.7 Å². The number of anilines is 3. The van der Waals surface area contributed by atoms with Gasteiger partial charge in [0.2, 0.25) is 10.3 Å². The molecule has 0 aliphatic carbocycles. The van der Waals surface area contributed by atoms with Gasteiger partial charge in [0.25, 0.3) is 0 Å². The third kappa shape index (κ3) is 4.82. The Balaban J connectivity index is 1.54. The lowest BCUT2D eigenvalue weighted by atomic mass is 10.0. The second-order valence-corrected chi connectivity index (χ2v) is 7.08. The molecule has 1 aromatic carbocycles. The quantitative estimate of drug-likeness (QED) is 0.846. The molecule has 1 fully saturated rings. The molecule has 0 radical (unpaired) electrons. The maximum absolute atomic E-state index is 12.1. The average Bonchev–Trinajstić information content (AvgIpc) is 3.05. The number of ether oxygens (including phenoxy) is 1. The first-order valence-corrected chi connectivity index (χ1v) is 9.35. The maximum atomic E-state index is 12.1. The van der Waals surface area contributed by atoms with Crippen LogP contribution in [0.5, 0.6) is 5.75 Å². The van der Waals surface area contributed by atoms with Gasteiger partial charge in [-0.05, 0) is 49.9 Å². The minimum absolute atomic E-state index is 0.334. The van der Waals surface area contributed by atoms with Gasteiger partial charge in [0, 0.05) is 18.8 Å². The van der Waals surface area contributed by atoms with Crippen LogP contribution in [0.25, 0.3) is 0 Å². The molecule has 1 atom stereocenters. The zero-order chi connectivity index (χ0) is 17.6. The van der Waals surface area contributed by atoms with E-state index in [0.29, 0.717) is 23.3 Å². The van der Waals surface area contributed by atoms with E-state index < -0.39 is 0 Å². The Morgan fingerprint density at radius 3 is 2.84 bits per heavy atom. The van der Waals surface area contributed by atoms with E-state index in [1.165, 1.54) is 24.2 Å². The highest BCUT2D eigenvalue weighted by atomic mass is 32.1. The minimum Gasteiger partial charge on any atom is -0.494 e. The Labute approximate surface area is 151 Å². The fraction of sp³-hybridized carbons (Fsp3) is 0.471. The summed E-state index contributed by atoms with van der Waals surface area (Å²) < 4.78 is 5.38. The standard InChI is InChI=1S/C17H23N5O2S/c1-3-24-14-8-6-13(7-9-14)18-15(23)19-16-20-21-17(25-16)22-10-4-5-12(2)11-22/h6-9,12H,3-5,10-11H2,1-2H3,(H2,18,19,20,23)/t12-/m0/s1. The zero-order valence-corrected chi connectivity index (χ0v) is 15.3. The molecule has 1 saturated heterocycles. The van der Waals surface area contributed by atoms with E-state index in [0.717, 1.165) is 24.0 Å². The normalized spacial score (nSPS) is 17.2. The fourth-order valence-corrected chi connectivity index (χ4v) is 3.59. The maximum Gasteiger partial charge on any atom is 0.325 e. The van der Waals surface area contributed by atoms with Crippen molar-refractivity contribution in [3.8, 4) is 5.75 Å². The van der Waals surface area contributed by atoms with Crippen molar-refractivity contribution in [2.45, 2.75) is 26.7 Å². The number of aromatic nitrogens is 2. The van der Waals surface area contributed by atoms with Crippen molar-refractivity contribution in [3.63, 3.8) is 0 Å². The summed E-state index contributed by atoms with van der Waals surface area (Å²) in [5.74, 6) is 1.44. The Morgan fingerprint density at radius 2 is 2.12 bits per heavy atom. The van der Waals surface area contributed by atoms with Gasteiger partial charge in [0.15, 0.2) is 0 Å². The molecule has 7 nitrogen and oxygen atoms in total. The van der Waals surface area contributed by atoms with Crippen molar-refractivity contribution < 1.29 is 9.53 Å². The van der Waals surface area contributed by atoms with Crippen molar-refractivity contribution in [2.24, 2.45) is 5.92 Å². The Kier molecular flexibility index (Phi) is 5.70. The van der Waals surface area contributed by atoms with Crippen LogP contribution in [0.3, 0.4) is 0 Å². The number of rotatable bonds is 5. The number of urea groups is 1. The third-order valence-corrected chi connectivity index (χ3v) is 4.89. The Morgan fingerprint density at radius 1 is 1.32 bits per heavy atom. The van der Waals surface area contributed by atoms with Gasteiger partial charge in [-0.1, -0.05) is 18.3 Å². The van der Waals surface area contributed by atoms with Gasteiger partial charge < -0.3 is 15.0 Å². The molecule has 3 rings (SSSR count). The minimum atomic E-state index is -0.334. The van der Waals surface area contributed by atoms with Crippen LogP contribution in [-0.2, 0) is 0 Å². The molecule has 2 heterocycles. The van der Waals surface area contributed by atoms with E-state index in [4.69, 9.17) is 4.74 Å². The summed E-state index contributed by atoms with van der Waals surface area (Å²) in [5.41, 5.74) is 0.690. The van der Waals surface area contributed by atoms with E-state index in [1.807, 2.05) is 19.1 Å². The topological polar surface area (TPSA) is 79.4 Å². The van der Waals surface area contributed by atoms with E-state index in [1.54, 1.807) is 12.1 Å². The van der Waals surface area contributed by atoms with Crippen molar-refractivity contribution in [1.29, 1.82) is 0 Å². The van der Waals surface area contributed by atoms with Crippen molar-refractivity contribution >= 4 is 33.3 Å². The second kappa shape index (κ2) is 8.15. The SMILES string of the molecule is CCOc1ccc(NC(=O)Nc2nnc(N3CCC[C@H](C)C3)s2)cc1. The van der Waals surface area contributed by atoms with Gasteiger partial charge in [-0.3, -0.25) is 5.32 Å². The van der Waals surface area contributed by atoms with Crippen LogP contribution in [0.2, 0.25) is 0 Å². The van der Waals surface area contributed by atoms with Crippen LogP contribution in [0.15, 0.2) is 24.3 Å². The Bertz CT molecular complexity index is 703. The number of amides is 2. The first-order valence-electron chi connectivity index (χ1n) is 8.53. The number of benzene rings is 1. The largest absolute Gasteiger partial charge is 0.494 e. The van der Waals surface area contributed by atoms with Gasteiger partial charge in [-0.15, -0.1) is 10.2 Å². The number of hydrogen-bond acceptors (Lipinski definition) is 6. The Hall–Kier alpha value is -2.35. The van der Waals surface area contributed by atoms with Gasteiger partial charge in [-0.25, -0.2) is 4.79 Å². The molecule has 0 unspecified atom stereocenters. The van der Waals surface area contributed by atoms with Crippen LogP contribution in [0.4, 0.5) is 20.7 Å². The van der Waals surface area contributed by atoms with E-state index in [9.17, 15) is 4.79 Å². The number of nitrogens with zero attached hydrogens (tertiary/aromatic N) is 3. The fourth-order valence-electron chi connectivity index (χ4n) is 2.82. The molecule has 8 heteroatoms. The molecule has 134 valence electrons. The van der Waals surface area contributed by atoms with Gasteiger partial charge in [-0.2, -0.15) is 0 Å². The number of nitrogens with one attached hydrogen (secondary N) is 2. The molecule has 0 spiro atoms. The summed E-state index contributed by atoms with van der Waals surface area (Å²) in [7, 11) is 0. The summed E-state index contributed by atoms with van der Waals surface area (Å²) in [6.45, 7) is 6.78. The van der Waals surface area contributed by atoms with Gasteiger partial charge >= 0.3 is 6.03 Å². The summed E-state index contributed by atoms with van der Waals surface area (Å²) in [6.07, 6.45) is 2.42. The molecule has 2 amide bonds. The third-order valence-electron chi connectivity index (χ3n) is 3.99. The van der Waals surface area contributed by atoms with Crippen molar-refractivity contribution in [1.82, 2.24) is 10.2 Å². The molecular formula is C17H23N5O2S. The average molecular weight is 361 g/mol. The molecule has 1 aliphatic heterocycles. The first-order chi connectivity index (χ1) is 12.1. The van der Waals surface area contributed by atoms with Crippen LogP contribution in [-0.4, -0.2) is 35.9 Å². The summed E-state index contributed by atoms with van der Waals surface area (Å²) in [5, 5.41) is 15.1.